The largest absolute Gasteiger partial charge is 0.316 e. The Morgan fingerprint density at radius 1 is 1.39 bits per heavy atom. The van der Waals surface area contributed by atoms with Gasteiger partial charge in [0, 0.05) is 6.54 Å². The number of nitrogens with zero attached hydrogens (tertiary/aromatic N) is 2. The smallest absolute Gasteiger partial charge is 0.272 e. The standard InChI is InChI=1S/C14H17N3O/c1-10-14(18)17(7-6-11-8-15-9-11)13-5-3-2-4-12(13)16-10/h2-5,11,15H,6-9H2,1H3. The van der Waals surface area contributed by atoms with Gasteiger partial charge in [0.25, 0.3) is 5.56 Å². The number of rotatable bonds is 3. The summed E-state index contributed by atoms with van der Waals surface area (Å²) in [7, 11) is 0. The lowest BCUT2D eigenvalue weighted by Gasteiger charge is -2.27. The third-order valence-electron chi connectivity index (χ3n) is 3.64. The fourth-order valence-electron chi connectivity index (χ4n) is 2.41. The van der Waals surface area contributed by atoms with Gasteiger partial charge in [0.1, 0.15) is 5.69 Å². The van der Waals surface area contributed by atoms with Crippen molar-refractivity contribution in [3.05, 3.63) is 40.3 Å². The molecule has 94 valence electrons. The molecular weight excluding hydrogens is 226 g/mol. The predicted molar refractivity (Wildman–Crippen MR) is 71.7 cm³/mol. The molecule has 1 aromatic heterocycles. The van der Waals surface area contributed by atoms with Crippen LogP contribution in [-0.4, -0.2) is 22.6 Å². The minimum atomic E-state index is 0.0426. The number of nitrogens with one attached hydrogen (secondary N) is 1. The molecule has 4 heteroatoms. The number of hydrogen-bond donors (Lipinski definition) is 1. The molecule has 0 bridgehead atoms. The van der Waals surface area contributed by atoms with Gasteiger partial charge in [0.05, 0.1) is 11.0 Å². The van der Waals surface area contributed by atoms with Crippen LogP contribution in [0.2, 0.25) is 0 Å². The number of fused-ring (bicyclic) bond motifs is 1. The molecular formula is C14H17N3O. The molecule has 18 heavy (non-hydrogen) atoms. The van der Waals surface area contributed by atoms with Gasteiger partial charge in [0.15, 0.2) is 0 Å². The Morgan fingerprint density at radius 2 is 2.17 bits per heavy atom. The highest BCUT2D eigenvalue weighted by Gasteiger charge is 2.17. The number of aryl methyl sites for hydroxylation is 2. The van der Waals surface area contributed by atoms with Crippen LogP contribution in [0.4, 0.5) is 0 Å². The van der Waals surface area contributed by atoms with Crippen LogP contribution >= 0.6 is 0 Å². The van der Waals surface area contributed by atoms with Crippen LogP contribution < -0.4 is 10.9 Å². The van der Waals surface area contributed by atoms with Crippen molar-refractivity contribution in [2.24, 2.45) is 5.92 Å². The molecule has 4 nitrogen and oxygen atoms in total. The summed E-state index contributed by atoms with van der Waals surface area (Å²) in [6.45, 7) is 4.73. The van der Waals surface area contributed by atoms with Gasteiger partial charge < -0.3 is 9.88 Å². The Balaban J connectivity index is 2.01. The second kappa shape index (κ2) is 4.53. The molecule has 0 aliphatic carbocycles. The molecule has 2 heterocycles. The molecule has 1 aromatic carbocycles. The summed E-state index contributed by atoms with van der Waals surface area (Å²) in [5.74, 6) is 0.712. The Bertz CT molecular complexity index is 628. The summed E-state index contributed by atoms with van der Waals surface area (Å²) >= 11 is 0. The van der Waals surface area contributed by atoms with E-state index in [-0.39, 0.29) is 5.56 Å². The number of benzene rings is 1. The lowest BCUT2D eigenvalue weighted by atomic mass is 9.99. The van der Waals surface area contributed by atoms with Crippen molar-refractivity contribution in [2.45, 2.75) is 19.9 Å². The predicted octanol–water partition coefficient (Wildman–Crippen LogP) is 1.31. The summed E-state index contributed by atoms with van der Waals surface area (Å²) in [4.78, 5) is 16.5. The molecule has 0 spiro atoms. The molecule has 3 rings (SSSR count). The lowest BCUT2D eigenvalue weighted by molar-refractivity contribution is 0.312. The molecule has 1 fully saturated rings. The van der Waals surface area contributed by atoms with E-state index in [4.69, 9.17) is 0 Å². The van der Waals surface area contributed by atoms with E-state index in [1.54, 1.807) is 6.92 Å². The van der Waals surface area contributed by atoms with Crippen LogP contribution in [0, 0.1) is 12.8 Å². The molecule has 2 aromatic rings. The van der Waals surface area contributed by atoms with Gasteiger partial charge in [-0.25, -0.2) is 4.98 Å². The van der Waals surface area contributed by atoms with E-state index in [0.717, 1.165) is 37.1 Å². The van der Waals surface area contributed by atoms with E-state index in [2.05, 4.69) is 10.3 Å². The van der Waals surface area contributed by atoms with Gasteiger partial charge in [0.2, 0.25) is 0 Å². The number of para-hydroxylation sites is 2. The van der Waals surface area contributed by atoms with Gasteiger partial charge in [-0.3, -0.25) is 4.79 Å². The average Bonchev–Trinajstić information content (AvgIpc) is 2.32. The third-order valence-corrected chi connectivity index (χ3v) is 3.64. The minimum absolute atomic E-state index is 0.0426. The lowest BCUT2D eigenvalue weighted by Crippen LogP contribution is -2.42. The molecule has 1 aliphatic heterocycles. The maximum Gasteiger partial charge on any atom is 0.272 e. The maximum atomic E-state index is 12.2. The van der Waals surface area contributed by atoms with Crippen LogP contribution in [0.25, 0.3) is 11.0 Å². The zero-order chi connectivity index (χ0) is 12.5. The van der Waals surface area contributed by atoms with Gasteiger partial charge >= 0.3 is 0 Å². The van der Waals surface area contributed by atoms with E-state index >= 15 is 0 Å². The van der Waals surface area contributed by atoms with Crippen molar-refractivity contribution in [3.8, 4) is 0 Å². The zero-order valence-electron chi connectivity index (χ0n) is 10.5. The maximum absolute atomic E-state index is 12.2. The number of aromatic nitrogens is 2. The van der Waals surface area contributed by atoms with Crippen molar-refractivity contribution in [1.29, 1.82) is 0 Å². The summed E-state index contributed by atoms with van der Waals surface area (Å²) in [5, 5.41) is 3.26. The first kappa shape index (κ1) is 11.4. The quantitative estimate of drug-likeness (QED) is 0.884. The van der Waals surface area contributed by atoms with Crippen molar-refractivity contribution < 1.29 is 0 Å². The fraction of sp³-hybridized carbons (Fsp3) is 0.429. The van der Waals surface area contributed by atoms with Gasteiger partial charge in [-0.05, 0) is 44.5 Å². The van der Waals surface area contributed by atoms with Crippen LogP contribution in [0.5, 0.6) is 0 Å². The monoisotopic (exact) mass is 243 g/mol. The van der Waals surface area contributed by atoms with Crippen molar-refractivity contribution in [3.63, 3.8) is 0 Å². The average molecular weight is 243 g/mol. The van der Waals surface area contributed by atoms with E-state index in [1.165, 1.54) is 0 Å². The molecule has 0 amide bonds. The van der Waals surface area contributed by atoms with Gasteiger partial charge in [-0.1, -0.05) is 12.1 Å². The fourth-order valence-corrected chi connectivity index (χ4v) is 2.41. The first-order valence-corrected chi connectivity index (χ1v) is 6.42. The van der Waals surface area contributed by atoms with E-state index in [1.807, 2.05) is 28.8 Å². The zero-order valence-corrected chi connectivity index (χ0v) is 10.5. The van der Waals surface area contributed by atoms with Gasteiger partial charge in [-0.15, -0.1) is 0 Å². The highest BCUT2D eigenvalue weighted by molar-refractivity contribution is 5.74. The summed E-state index contributed by atoms with van der Waals surface area (Å²) in [6, 6.07) is 7.85. The minimum Gasteiger partial charge on any atom is -0.316 e. The number of hydrogen-bond acceptors (Lipinski definition) is 3. The summed E-state index contributed by atoms with van der Waals surface area (Å²) in [5.41, 5.74) is 2.48. The Labute approximate surface area is 106 Å². The van der Waals surface area contributed by atoms with Crippen LogP contribution in [-0.2, 0) is 6.54 Å². The van der Waals surface area contributed by atoms with E-state index in [9.17, 15) is 4.79 Å². The normalized spacial score (nSPS) is 15.8. The second-order valence-corrected chi connectivity index (χ2v) is 4.96. The van der Waals surface area contributed by atoms with Crippen LogP contribution in [0.1, 0.15) is 12.1 Å². The van der Waals surface area contributed by atoms with E-state index in [0.29, 0.717) is 11.6 Å². The summed E-state index contributed by atoms with van der Waals surface area (Å²) < 4.78 is 1.87. The first-order chi connectivity index (χ1) is 8.75. The van der Waals surface area contributed by atoms with Crippen LogP contribution in [0.15, 0.2) is 29.1 Å². The third kappa shape index (κ3) is 1.93. The van der Waals surface area contributed by atoms with Gasteiger partial charge in [-0.2, -0.15) is 0 Å². The van der Waals surface area contributed by atoms with Crippen molar-refractivity contribution >= 4 is 11.0 Å². The van der Waals surface area contributed by atoms with Crippen molar-refractivity contribution in [1.82, 2.24) is 14.9 Å². The molecule has 1 aliphatic rings. The second-order valence-electron chi connectivity index (χ2n) is 4.96. The highest BCUT2D eigenvalue weighted by atomic mass is 16.1. The Hall–Kier alpha value is -1.68. The Kier molecular flexibility index (Phi) is 2.88. The first-order valence-electron chi connectivity index (χ1n) is 6.42. The Morgan fingerprint density at radius 3 is 2.89 bits per heavy atom. The van der Waals surface area contributed by atoms with Crippen LogP contribution in [0.3, 0.4) is 0 Å². The molecule has 0 unspecified atom stereocenters. The molecule has 0 radical (unpaired) electrons. The molecule has 0 saturated carbocycles. The topological polar surface area (TPSA) is 46.9 Å². The SMILES string of the molecule is Cc1nc2ccccc2n(CCC2CNC2)c1=O. The summed E-state index contributed by atoms with van der Waals surface area (Å²) in [6.07, 6.45) is 1.06. The van der Waals surface area contributed by atoms with E-state index < -0.39 is 0 Å². The highest BCUT2D eigenvalue weighted by Crippen LogP contribution is 2.13. The molecule has 0 atom stereocenters. The van der Waals surface area contributed by atoms with Crippen molar-refractivity contribution in [2.75, 3.05) is 13.1 Å². The molecule has 1 saturated heterocycles. The molecule has 1 N–H and O–H groups in total.